The second-order valence-corrected chi connectivity index (χ2v) is 35.3. The molecule has 8 heterocycles. The van der Waals surface area contributed by atoms with E-state index in [-0.39, 0.29) is 26.9 Å². The van der Waals surface area contributed by atoms with Gasteiger partial charge in [0.25, 0.3) is 26.9 Å². The first-order valence-corrected chi connectivity index (χ1v) is 46.3. The molecular weight excluding hydrogens is 1660 g/mol. The van der Waals surface area contributed by atoms with Crippen LogP contribution >= 0.6 is 0 Å². The van der Waals surface area contributed by atoms with Crippen molar-refractivity contribution in [2.24, 2.45) is 0 Å². The highest BCUT2D eigenvalue weighted by Crippen LogP contribution is 2.47. The van der Waals surface area contributed by atoms with E-state index in [0.717, 1.165) is 153 Å². The van der Waals surface area contributed by atoms with Crippen molar-refractivity contribution in [2.75, 3.05) is 0 Å². The molecule has 0 N–H and O–H groups in total. The maximum Gasteiger partial charge on any atom is 0.260 e. The molecule has 0 fully saturated rings. The predicted molar refractivity (Wildman–Crippen MR) is 558 cm³/mol. The highest BCUT2D eigenvalue weighted by atomic mass is 16.5. The Hall–Kier alpha value is -17.5. The number of ether oxygens (including phenoxy) is 8. The van der Waals surface area contributed by atoms with Crippen LogP contribution in [0.5, 0.6) is 92.0 Å². The van der Waals surface area contributed by atoms with Crippen LogP contribution in [0.4, 0.5) is 0 Å². The summed E-state index contributed by atoms with van der Waals surface area (Å²) in [5.41, 5.74) is 32.3. The second-order valence-electron chi connectivity index (χ2n) is 35.3. The van der Waals surface area contributed by atoms with E-state index in [0.29, 0.717) is 0 Å². The minimum Gasteiger partial charge on any atom is -0.458 e. The first kappa shape index (κ1) is 79.5. The molecule has 29 rings (SSSR count). The standard InChI is InChI=1S/C36H23BO2.2C30H19BO2.C28H17BO2/c1-3-11-24(12-4-1)26-19-27(25-13-5-2-6-14-25)21-28(20-26)29-22-34-36-35(23-29)39-33-18-10-8-16-31(33)37(36)30-15-7-9-17-32(30)38-34;1-2-9-20(10-3-1)21-11-8-12-22(17-21)23-18-28-30-29(19-23)33-27-16-7-5-14-25(27)31(30)24-13-4-6-15-26(24)32-28;1-2-10-20(11-3-1)22-12-4-5-13-23(22)21-18-28-30-29(19-21)33-27-17-9-7-15-25(27)31(30)24-14-6-8-16-26(24)32-28;1-2-10-20-18(8-1)9-7-11-21(20)19-16-26-28-27(17-19)31-25-15-6-4-13-23(25)29(28)22-12-3-5-14-24(22)30-26/h1-23H;2*1-19H;1-17H. The third-order valence-electron chi connectivity index (χ3n) is 27.4. The fraction of sp³-hybridized carbons (Fsp3) is 0. The molecule has 21 aromatic rings. The summed E-state index contributed by atoms with van der Waals surface area (Å²) in [5.74, 6) is 14.2. The highest BCUT2D eigenvalue weighted by molar-refractivity contribution is 7.00. The Morgan fingerprint density at radius 1 is 0.118 bits per heavy atom. The molecule has 0 unspecified atom stereocenters. The fourth-order valence-corrected chi connectivity index (χ4v) is 21.2. The molecule has 8 nitrogen and oxygen atoms in total. The maximum atomic E-state index is 6.55. The van der Waals surface area contributed by atoms with Crippen molar-refractivity contribution >= 4 is 103 Å². The molecule has 21 aromatic carbocycles. The van der Waals surface area contributed by atoms with Gasteiger partial charge in [-0.3, -0.25) is 0 Å². The van der Waals surface area contributed by atoms with E-state index in [9.17, 15) is 0 Å². The van der Waals surface area contributed by atoms with Crippen LogP contribution in [0.2, 0.25) is 0 Å². The van der Waals surface area contributed by atoms with Gasteiger partial charge in [-0.2, -0.15) is 0 Å². The summed E-state index contributed by atoms with van der Waals surface area (Å²) in [6.07, 6.45) is 0. The molecule has 0 bridgehead atoms. The monoisotopic (exact) mass is 1740 g/mol. The Morgan fingerprint density at radius 3 is 0.640 bits per heavy atom. The van der Waals surface area contributed by atoms with Crippen LogP contribution in [0.1, 0.15) is 0 Å². The summed E-state index contributed by atoms with van der Waals surface area (Å²) in [7, 11) is 0. The van der Waals surface area contributed by atoms with Crippen LogP contribution in [-0.2, 0) is 0 Å². The van der Waals surface area contributed by atoms with E-state index in [1.54, 1.807) is 0 Å². The Labute approximate surface area is 789 Å². The summed E-state index contributed by atoms with van der Waals surface area (Å²) in [4.78, 5) is 0. The minimum atomic E-state index is 0.0782. The lowest BCUT2D eigenvalue weighted by Gasteiger charge is -2.33. The molecule has 0 spiro atoms. The van der Waals surface area contributed by atoms with E-state index in [2.05, 4.69) is 413 Å². The van der Waals surface area contributed by atoms with Crippen molar-refractivity contribution in [1.29, 1.82) is 0 Å². The highest BCUT2D eigenvalue weighted by Gasteiger charge is 2.45. The Bertz CT molecular complexity index is 8010. The maximum absolute atomic E-state index is 6.55. The lowest BCUT2D eigenvalue weighted by atomic mass is 9.35. The largest absolute Gasteiger partial charge is 0.458 e. The van der Waals surface area contributed by atoms with E-state index in [4.69, 9.17) is 37.9 Å². The lowest BCUT2D eigenvalue weighted by molar-refractivity contribution is 0.464. The van der Waals surface area contributed by atoms with Crippen LogP contribution < -0.4 is 103 Å². The zero-order valence-corrected chi connectivity index (χ0v) is 73.6. The molecule has 0 saturated heterocycles. The molecule has 0 aromatic heterocycles. The van der Waals surface area contributed by atoms with E-state index in [1.807, 2.05) is 60.7 Å². The van der Waals surface area contributed by atoms with E-state index < -0.39 is 0 Å². The van der Waals surface area contributed by atoms with Gasteiger partial charge in [0, 0.05) is 21.9 Å². The third-order valence-corrected chi connectivity index (χ3v) is 27.4. The lowest BCUT2D eigenvalue weighted by Crippen LogP contribution is -2.57. The van der Waals surface area contributed by atoms with Crippen molar-refractivity contribution in [1.82, 2.24) is 0 Å². The zero-order valence-electron chi connectivity index (χ0n) is 73.6. The SMILES string of the molecule is c1ccc(-c2cc(-c3ccccc3)cc(-c3cc4c5c(c3)Oc3ccccc3B5c3ccccc3O4)c2)cc1.c1ccc(-c2cccc(-c3cc4c5c(c3)Oc3ccccc3B5c3ccccc3O4)c2)cc1.c1ccc(-c2ccccc2-c2cc3c4c(c2)Oc2ccccc2B4c2ccccc2O3)cc1.c1ccc2c(c1)Oc1cc(-c3cccc4ccccc34)cc3c1B2c1ccccc1O3. The number of hydrogen-bond donors (Lipinski definition) is 0. The van der Waals surface area contributed by atoms with Gasteiger partial charge in [-0.25, -0.2) is 0 Å². The summed E-state index contributed by atoms with van der Waals surface area (Å²) in [5, 5.41) is 2.45. The van der Waals surface area contributed by atoms with Crippen molar-refractivity contribution in [3.63, 3.8) is 0 Å². The normalized spacial score (nSPS) is 12.7. The van der Waals surface area contributed by atoms with Crippen molar-refractivity contribution in [3.8, 4) is 181 Å². The summed E-state index contributed by atoms with van der Waals surface area (Å²) in [6, 6.07) is 165. The van der Waals surface area contributed by atoms with E-state index in [1.165, 1.54) is 105 Å². The van der Waals surface area contributed by atoms with E-state index >= 15 is 0 Å². The van der Waals surface area contributed by atoms with Gasteiger partial charge >= 0.3 is 0 Å². The molecule has 0 saturated carbocycles. The molecule has 634 valence electrons. The average molecular weight is 1740 g/mol. The number of rotatable bonds is 8. The predicted octanol–water partition coefficient (Wildman–Crippen LogP) is 24.1. The second kappa shape index (κ2) is 33.4. The number of fused-ring (bicyclic) bond motifs is 17. The zero-order chi connectivity index (χ0) is 89.7. The van der Waals surface area contributed by atoms with Gasteiger partial charge in [0.05, 0.1) is 0 Å². The van der Waals surface area contributed by atoms with Gasteiger partial charge in [0.2, 0.25) is 0 Å². The van der Waals surface area contributed by atoms with Gasteiger partial charge in [0.1, 0.15) is 92.0 Å². The molecule has 8 aliphatic heterocycles. The third kappa shape index (κ3) is 14.1. The average Bonchev–Trinajstić information content (AvgIpc) is 0.733. The Morgan fingerprint density at radius 2 is 0.309 bits per heavy atom. The van der Waals surface area contributed by atoms with Crippen molar-refractivity contribution < 1.29 is 37.9 Å². The molecule has 136 heavy (non-hydrogen) atoms. The van der Waals surface area contributed by atoms with Crippen LogP contribution in [0.3, 0.4) is 0 Å². The molecule has 12 heteroatoms. The first-order chi connectivity index (χ1) is 67.4. The van der Waals surface area contributed by atoms with Gasteiger partial charge < -0.3 is 37.9 Å². The molecule has 0 aliphatic carbocycles. The minimum absolute atomic E-state index is 0.0782. The number of hydrogen-bond acceptors (Lipinski definition) is 8. The van der Waals surface area contributed by atoms with Crippen molar-refractivity contribution in [3.05, 3.63) is 473 Å². The summed E-state index contributed by atoms with van der Waals surface area (Å²) < 4.78 is 51.8. The topological polar surface area (TPSA) is 73.8 Å². The molecule has 0 atom stereocenters. The summed E-state index contributed by atoms with van der Waals surface area (Å²) >= 11 is 0. The Balaban J connectivity index is 0.0000000944. The molecular formula is C124H78B4O8. The summed E-state index contributed by atoms with van der Waals surface area (Å²) in [6.45, 7) is 0.397. The van der Waals surface area contributed by atoms with Gasteiger partial charge in [-0.05, 0) is 265 Å². The van der Waals surface area contributed by atoms with Crippen LogP contribution in [0, 0.1) is 0 Å². The quantitative estimate of drug-likeness (QED) is 0.139. The fourth-order valence-electron chi connectivity index (χ4n) is 21.2. The van der Waals surface area contributed by atoms with Gasteiger partial charge in [-0.1, -0.05) is 352 Å². The molecule has 8 aliphatic rings. The number of benzene rings is 21. The Kier molecular flexibility index (Phi) is 19.5. The smallest absolute Gasteiger partial charge is 0.260 e. The molecule has 0 radical (unpaired) electrons. The number of para-hydroxylation sites is 8. The van der Waals surface area contributed by atoms with Crippen LogP contribution in [-0.4, -0.2) is 26.9 Å². The van der Waals surface area contributed by atoms with Crippen LogP contribution in [0.25, 0.3) is 99.8 Å². The van der Waals surface area contributed by atoms with Crippen LogP contribution in [0.15, 0.2) is 473 Å². The molecule has 0 amide bonds. The first-order valence-electron chi connectivity index (χ1n) is 46.3. The van der Waals surface area contributed by atoms with Gasteiger partial charge in [-0.15, -0.1) is 0 Å². The van der Waals surface area contributed by atoms with Gasteiger partial charge in [0.15, 0.2) is 0 Å². The van der Waals surface area contributed by atoms with Crippen molar-refractivity contribution in [2.45, 2.75) is 0 Å².